The fourth-order valence-corrected chi connectivity index (χ4v) is 5.03. The highest BCUT2D eigenvalue weighted by atomic mass is 32.2. The number of hydrogen-bond donors (Lipinski definition) is 2. The Kier molecular flexibility index (Phi) is 5.55. The Morgan fingerprint density at radius 3 is 2.28 bits per heavy atom. The third-order valence-corrected chi connectivity index (χ3v) is 6.91. The van der Waals surface area contributed by atoms with Crippen molar-refractivity contribution in [3.63, 3.8) is 0 Å². The van der Waals surface area contributed by atoms with Crippen molar-refractivity contribution in [2.75, 3.05) is 10.0 Å². The van der Waals surface area contributed by atoms with E-state index in [1.54, 1.807) is 37.4 Å². The second-order valence-electron chi connectivity index (χ2n) is 7.09. The number of anilines is 3. The normalized spacial score (nSPS) is 12.2. The first kappa shape index (κ1) is 22.0. The van der Waals surface area contributed by atoms with Crippen molar-refractivity contribution in [2.45, 2.75) is 24.9 Å². The van der Waals surface area contributed by atoms with Crippen LogP contribution in [0.2, 0.25) is 0 Å². The maximum atomic E-state index is 13.0. The number of aryl methyl sites for hydroxylation is 2. The average molecular weight is 479 g/mol. The van der Waals surface area contributed by atoms with E-state index in [0.29, 0.717) is 22.5 Å². The predicted molar refractivity (Wildman–Crippen MR) is 119 cm³/mol. The van der Waals surface area contributed by atoms with Gasteiger partial charge in [-0.05, 0) is 56.3 Å². The van der Waals surface area contributed by atoms with Gasteiger partial charge in [-0.1, -0.05) is 6.07 Å². The molecule has 6 nitrogen and oxygen atoms in total. The van der Waals surface area contributed by atoms with Gasteiger partial charge in [0, 0.05) is 27.8 Å². The zero-order valence-corrected chi connectivity index (χ0v) is 18.5. The number of halogens is 3. The van der Waals surface area contributed by atoms with Crippen LogP contribution in [0, 0.1) is 13.8 Å². The second kappa shape index (κ2) is 8.06. The lowest BCUT2D eigenvalue weighted by Crippen LogP contribution is -2.12. The summed E-state index contributed by atoms with van der Waals surface area (Å²) in [5.74, 6) is 0. The van der Waals surface area contributed by atoms with Crippen molar-refractivity contribution in [1.82, 2.24) is 9.97 Å². The van der Waals surface area contributed by atoms with Gasteiger partial charge in [0.2, 0.25) is 0 Å². The predicted octanol–water partition coefficient (Wildman–Crippen LogP) is 5.87. The number of fused-ring (bicyclic) bond motifs is 1. The van der Waals surface area contributed by atoms with Crippen LogP contribution in [0.4, 0.5) is 29.7 Å². The molecule has 0 atom stereocenters. The van der Waals surface area contributed by atoms with Crippen LogP contribution < -0.4 is 10.0 Å². The summed E-state index contributed by atoms with van der Waals surface area (Å²) in [5.41, 5.74) is 1.83. The minimum absolute atomic E-state index is 0.0569. The molecule has 2 heterocycles. The Labute approximate surface area is 186 Å². The van der Waals surface area contributed by atoms with Crippen LogP contribution in [-0.2, 0) is 16.2 Å². The maximum absolute atomic E-state index is 13.0. The molecule has 0 aliphatic carbocycles. The third kappa shape index (κ3) is 4.68. The van der Waals surface area contributed by atoms with Crippen molar-refractivity contribution in [1.29, 1.82) is 0 Å². The molecule has 166 valence electrons. The smallest absolute Gasteiger partial charge is 0.355 e. The Bertz CT molecular complexity index is 1400. The number of sulfonamides is 1. The number of hydrogen-bond acceptors (Lipinski definition) is 6. The summed E-state index contributed by atoms with van der Waals surface area (Å²) in [5, 5.41) is 5.66. The van der Waals surface area contributed by atoms with E-state index in [-0.39, 0.29) is 15.5 Å². The lowest BCUT2D eigenvalue weighted by Gasteiger charge is -2.13. The quantitative estimate of drug-likeness (QED) is 0.375. The van der Waals surface area contributed by atoms with Gasteiger partial charge in [-0.15, -0.1) is 11.3 Å². The van der Waals surface area contributed by atoms with Gasteiger partial charge in [0.1, 0.15) is 0 Å². The molecule has 0 aliphatic rings. The molecule has 4 rings (SSSR count). The summed E-state index contributed by atoms with van der Waals surface area (Å²) in [6.45, 7) is 3.45. The Balaban J connectivity index is 1.61. The third-order valence-electron chi connectivity index (χ3n) is 4.55. The largest absolute Gasteiger partial charge is 0.416 e. The monoisotopic (exact) mass is 478 g/mol. The Hall–Kier alpha value is -3.18. The van der Waals surface area contributed by atoms with Crippen LogP contribution in [0.1, 0.15) is 17.0 Å². The molecule has 2 N–H and O–H groups in total. The van der Waals surface area contributed by atoms with Crippen LogP contribution in [-0.4, -0.2) is 18.4 Å². The zero-order valence-electron chi connectivity index (χ0n) is 16.9. The highest BCUT2D eigenvalue weighted by Gasteiger charge is 2.30. The summed E-state index contributed by atoms with van der Waals surface area (Å²) in [6.07, 6.45) is -4.46. The molecule has 2 aromatic heterocycles. The minimum atomic E-state index is -4.46. The van der Waals surface area contributed by atoms with Crippen molar-refractivity contribution >= 4 is 48.8 Å². The number of rotatable bonds is 5. The van der Waals surface area contributed by atoms with E-state index in [0.717, 1.165) is 17.8 Å². The summed E-state index contributed by atoms with van der Waals surface area (Å²) >= 11 is 1.19. The first-order chi connectivity index (χ1) is 15.0. The van der Waals surface area contributed by atoms with Crippen molar-refractivity contribution in [2.24, 2.45) is 0 Å². The summed E-state index contributed by atoms with van der Waals surface area (Å²) in [6, 6.07) is 11.1. The van der Waals surface area contributed by atoms with Crippen LogP contribution in [0.5, 0.6) is 0 Å². The van der Waals surface area contributed by atoms with Gasteiger partial charge in [-0.2, -0.15) is 13.2 Å². The lowest BCUT2D eigenvalue weighted by molar-refractivity contribution is -0.137. The van der Waals surface area contributed by atoms with Crippen LogP contribution in [0.3, 0.4) is 0 Å². The highest BCUT2D eigenvalue weighted by molar-refractivity contribution is 7.93. The van der Waals surface area contributed by atoms with Gasteiger partial charge >= 0.3 is 6.18 Å². The fourth-order valence-electron chi connectivity index (χ4n) is 3.09. The van der Waals surface area contributed by atoms with Crippen LogP contribution in [0.15, 0.2) is 58.8 Å². The van der Waals surface area contributed by atoms with Gasteiger partial charge in [-0.3, -0.25) is 9.71 Å². The second-order valence-corrected chi connectivity index (χ2v) is 9.63. The number of nitrogens with zero attached hydrogens (tertiary/aromatic N) is 2. The summed E-state index contributed by atoms with van der Waals surface area (Å²) in [4.78, 5) is 8.36. The number of aromatic nitrogens is 2. The van der Waals surface area contributed by atoms with Gasteiger partial charge in [-0.25, -0.2) is 13.4 Å². The SMILES string of the molecule is Cc1csc(NS(=O)(=O)c2ccc(Nc3cc(C)nc4cc(C(F)(F)F)ccc34)cc2)n1. The molecule has 32 heavy (non-hydrogen) atoms. The molecule has 4 aromatic rings. The molecule has 11 heteroatoms. The summed E-state index contributed by atoms with van der Waals surface area (Å²) in [7, 11) is -3.80. The van der Waals surface area contributed by atoms with Gasteiger partial charge in [0.15, 0.2) is 5.13 Å². The molecule has 0 fully saturated rings. The molecule has 2 aromatic carbocycles. The molecular weight excluding hydrogens is 461 g/mol. The Morgan fingerprint density at radius 2 is 1.66 bits per heavy atom. The number of benzene rings is 2. The number of thiazole rings is 1. The first-order valence-electron chi connectivity index (χ1n) is 9.32. The van der Waals surface area contributed by atoms with E-state index in [9.17, 15) is 21.6 Å². The molecular formula is C21H17F3N4O2S2. The maximum Gasteiger partial charge on any atom is 0.416 e. The van der Waals surface area contributed by atoms with E-state index >= 15 is 0 Å². The molecule has 0 spiro atoms. The first-order valence-corrected chi connectivity index (χ1v) is 11.7. The minimum Gasteiger partial charge on any atom is -0.355 e. The van der Waals surface area contributed by atoms with Gasteiger partial charge in [0.05, 0.1) is 21.7 Å². The number of nitrogens with one attached hydrogen (secondary N) is 2. The van der Waals surface area contributed by atoms with Crippen LogP contribution >= 0.6 is 11.3 Å². The average Bonchev–Trinajstić information content (AvgIpc) is 3.11. The summed E-state index contributed by atoms with van der Waals surface area (Å²) < 4.78 is 66.6. The van der Waals surface area contributed by atoms with E-state index < -0.39 is 21.8 Å². The highest BCUT2D eigenvalue weighted by Crippen LogP contribution is 2.34. The van der Waals surface area contributed by atoms with Crippen molar-refractivity contribution in [3.8, 4) is 0 Å². The molecule has 0 amide bonds. The molecule has 0 aliphatic heterocycles. The Morgan fingerprint density at radius 1 is 0.938 bits per heavy atom. The van der Waals surface area contributed by atoms with Gasteiger partial charge in [0.25, 0.3) is 10.0 Å². The van der Waals surface area contributed by atoms with E-state index in [4.69, 9.17) is 0 Å². The number of pyridine rings is 1. The van der Waals surface area contributed by atoms with Crippen LogP contribution in [0.25, 0.3) is 10.9 Å². The molecule has 0 saturated heterocycles. The van der Waals surface area contributed by atoms with Crippen molar-refractivity contribution in [3.05, 3.63) is 70.9 Å². The standard InChI is InChI=1S/C21H17F3N4O2S2/c1-12-9-18(17-8-3-14(21(22,23)24)10-19(17)25-12)27-15-4-6-16(7-5-15)32(29,30)28-20-26-13(2)11-31-20/h3-11H,1-2H3,(H,25,27)(H,26,28). The topological polar surface area (TPSA) is 84.0 Å². The lowest BCUT2D eigenvalue weighted by atomic mass is 10.1. The van der Waals surface area contributed by atoms with E-state index in [1.807, 2.05) is 0 Å². The number of alkyl halides is 3. The zero-order chi connectivity index (χ0) is 23.1. The molecule has 0 radical (unpaired) electrons. The molecule has 0 saturated carbocycles. The van der Waals surface area contributed by atoms with E-state index in [1.165, 1.54) is 29.5 Å². The van der Waals surface area contributed by atoms with E-state index in [2.05, 4.69) is 20.0 Å². The molecule has 0 bridgehead atoms. The molecule has 0 unspecified atom stereocenters. The fraction of sp³-hybridized carbons (Fsp3) is 0.143. The van der Waals surface area contributed by atoms with Gasteiger partial charge < -0.3 is 5.32 Å². The van der Waals surface area contributed by atoms with Crippen molar-refractivity contribution < 1.29 is 21.6 Å².